The summed E-state index contributed by atoms with van der Waals surface area (Å²) >= 11 is 0. The molecule has 1 fully saturated rings. The van der Waals surface area contributed by atoms with Crippen LogP contribution in [0.4, 0.5) is 4.79 Å². The summed E-state index contributed by atoms with van der Waals surface area (Å²) in [5.41, 5.74) is 0. The molecule has 0 bridgehead atoms. The molecular weight excluding hydrogens is 414 g/mol. The smallest absolute Gasteiger partial charge is 0.409 e. The number of esters is 2. The van der Waals surface area contributed by atoms with Crippen LogP contribution in [0.25, 0.3) is 0 Å². The maximum atomic E-state index is 10.9. The molecule has 0 aromatic carbocycles. The predicted molar refractivity (Wildman–Crippen MR) is 113 cm³/mol. The third-order valence-electron chi connectivity index (χ3n) is 3.33. The SMILES string of the molecule is CC=O.COC(=O)N1CCCCC1.COC(C)=O.COCCOCCOCC(=O)OC. The number of amides is 1. The zero-order valence-corrected chi connectivity index (χ0v) is 19.7. The van der Waals surface area contributed by atoms with Crippen molar-refractivity contribution in [2.45, 2.75) is 33.1 Å². The molecule has 11 heteroatoms. The highest BCUT2D eigenvalue weighted by Gasteiger charge is 2.15. The summed E-state index contributed by atoms with van der Waals surface area (Å²) in [6.45, 7) is 6.47. The zero-order chi connectivity index (χ0) is 24.3. The summed E-state index contributed by atoms with van der Waals surface area (Å²) in [4.78, 5) is 41.6. The Kier molecular flexibility index (Phi) is 29.9. The van der Waals surface area contributed by atoms with Gasteiger partial charge in [-0.25, -0.2) is 9.59 Å². The minimum atomic E-state index is -0.378. The van der Waals surface area contributed by atoms with Gasteiger partial charge in [0.2, 0.25) is 0 Å². The molecule has 0 atom stereocenters. The molecule has 184 valence electrons. The first-order valence-corrected chi connectivity index (χ1v) is 9.82. The molecule has 31 heavy (non-hydrogen) atoms. The van der Waals surface area contributed by atoms with Gasteiger partial charge in [-0.15, -0.1) is 0 Å². The normalized spacial score (nSPS) is 11.7. The summed E-state index contributed by atoms with van der Waals surface area (Å²) in [5, 5.41) is 0. The van der Waals surface area contributed by atoms with Crippen LogP contribution in [0.3, 0.4) is 0 Å². The van der Waals surface area contributed by atoms with Crippen molar-refractivity contribution in [2.24, 2.45) is 0 Å². The van der Waals surface area contributed by atoms with E-state index >= 15 is 0 Å². The second-order valence-electron chi connectivity index (χ2n) is 5.68. The van der Waals surface area contributed by atoms with Gasteiger partial charge in [-0.1, -0.05) is 0 Å². The predicted octanol–water partition coefficient (Wildman–Crippen LogP) is 1.46. The molecule has 0 saturated carbocycles. The maximum Gasteiger partial charge on any atom is 0.409 e. The standard InChI is InChI=1S/C8H16O5.C7H13NO2.C3H6O2.C2H4O/c1-10-3-4-12-5-6-13-7-8(9)11-2;1-10-7(9)8-5-3-2-4-6-8;1-3(4)5-2;1-2-3/h3-7H2,1-2H3;2-6H2,1H3;1-2H3;2H,1H3. The molecule has 0 radical (unpaired) electrons. The lowest BCUT2D eigenvalue weighted by Crippen LogP contribution is -2.35. The number of hydrogen-bond donors (Lipinski definition) is 0. The van der Waals surface area contributed by atoms with Gasteiger partial charge in [0.05, 0.1) is 47.8 Å². The molecule has 0 N–H and O–H groups in total. The molecule has 1 heterocycles. The number of aldehydes is 1. The summed E-state index contributed by atoms with van der Waals surface area (Å²) in [5.74, 6) is -0.623. The van der Waals surface area contributed by atoms with Gasteiger partial charge in [-0.2, -0.15) is 0 Å². The average Bonchev–Trinajstić information content (AvgIpc) is 2.79. The van der Waals surface area contributed by atoms with E-state index in [0.29, 0.717) is 26.4 Å². The van der Waals surface area contributed by atoms with E-state index in [-0.39, 0.29) is 24.6 Å². The number of piperidine rings is 1. The van der Waals surface area contributed by atoms with E-state index in [1.54, 1.807) is 12.0 Å². The van der Waals surface area contributed by atoms with Crippen LogP contribution in [0.15, 0.2) is 0 Å². The van der Waals surface area contributed by atoms with Crippen LogP contribution in [0.5, 0.6) is 0 Å². The second kappa shape index (κ2) is 27.8. The number of ether oxygens (including phenoxy) is 6. The van der Waals surface area contributed by atoms with Gasteiger partial charge in [0.15, 0.2) is 0 Å². The van der Waals surface area contributed by atoms with Crippen LogP contribution in [0.2, 0.25) is 0 Å². The molecule has 0 aromatic rings. The van der Waals surface area contributed by atoms with Crippen LogP contribution in [-0.4, -0.2) is 104 Å². The van der Waals surface area contributed by atoms with Crippen LogP contribution in [0.1, 0.15) is 33.1 Å². The Morgan fingerprint density at radius 3 is 1.71 bits per heavy atom. The quantitative estimate of drug-likeness (QED) is 0.231. The molecule has 1 aliphatic heterocycles. The van der Waals surface area contributed by atoms with Crippen LogP contribution in [-0.2, 0) is 42.8 Å². The van der Waals surface area contributed by atoms with Gasteiger partial charge in [-0.05, 0) is 26.2 Å². The van der Waals surface area contributed by atoms with Gasteiger partial charge >= 0.3 is 18.0 Å². The van der Waals surface area contributed by atoms with Gasteiger partial charge in [0.1, 0.15) is 12.9 Å². The van der Waals surface area contributed by atoms with Crippen molar-refractivity contribution in [2.75, 3.05) is 74.6 Å². The Balaban J connectivity index is -0.000000383. The van der Waals surface area contributed by atoms with Crippen LogP contribution < -0.4 is 0 Å². The highest BCUT2D eigenvalue weighted by atomic mass is 16.6. The van der Waals surface area contributed by atoms with Crippen molar-refractivity contribution < 1.29 is 47.6 Å². The molecule has 1 aliphatic rings. The lowest BCUT2D eigenvalue weighted by Gasteiger charge is -2.24. The first-order valence-electron chi connectivity index (χ1n) is 9.82. The Bertz CT molecular complexity index is 440. The minimum Gasteiger partial charge on any atom is -0.469 e. The molecular formula is C20H39NO10. The minimum absolute atomic E-state index is 0.0237. The van der Waals surface area contributed by atoms with Gasteiger partial charge in [0, 0.05) is 27.1 Å². The van der Waals surface area contributed by atoms with E-state index in [1.165, 1.54) is 41.6 Å². The summed E-state index contributed by atoms with van der Waals surface area (Å²) in [6.07, 6.45) is 4.05. The first kappa shape index (κ1) is 33.4. The topological polar surface area (TPSA) is 127 Å². The first-order chi connectivity index (χ1) is 14.8. The molecule has 0 spiro atoms. The van der Waals surface area contributed by atoms with Gasteiger partial charge in [-0.3, -0.25) is 4.79 Å². The number of likely N-dealkylation sites (tertiary alicyclic amines) is 1. The summed E-state index contributed by atoms with van der Waals surface area (Å²) in [7, 11) is 5.71. The van der Waals surface area contributed by atoms with Crippen molar-refractivity contribution in [3.63, 3.8) is 0 Å². The largest absolute Gasteiger partial charge is 0.469 e. The van der Waals surface area contributed by atoms with E-state index in [2.05, 4.69) is 14.2 Å². The van der Waals surface area contributed by atoms with Crippen LogP contribution >= 0.6 is 0 Å². The van der Waals surface area contributed by atoms with Crippen molar-refractivity contribution in [1.82, 2.24) is 4.90 Å². The Labute approximate surface area is 185 Å². The van der Waals surface area contributed by atoms with E-state index < -0.39 is 0 Å². The fourth-order valence-electron chi connectivity index (χ4n) is 1.78. The number of rotatable bonds is 8. The van der Waals surface area contributed by atoms with Crippen molar-refractivity contribution in [3.05, 3.63) is 0 Å². The summed E-state index contributed by atoms with van der Waals surface area (Å²) < 4.78 is 27.8. The lowest BCUT2D eigenvalue weighted by molar-refractivity contribution is -0.146. The zero-order valence-electron chi connectivity index (χ0n) is 19.7. The molecule has 0 aliphatic carbocycles. The van der Waals surface area contributed by atoms with Crippen molar-refractivity contribution in [1.29, 1.82) is 0 Å². The van der Waals surface area contributed by atoms with Gasteiger partial charge in [0.25, 0.3) is 0 Å². The second-order valence-corrected chi connectivity index (χ2v) is 5.68. The molecule has 1 amide bonds. The molecule has 11 nitrogen and oxygen atoms in total. The highest BCUT2D eigenvalue weighted by Crippen LogP contribution is 2.08. The van der Waals surface area contributed by atoms with Gasteiger partial charge < -0.3 is 38.1 Å². The third-order valence-corrected chi connectivity index (χ3v) is 3.33. The number of hydrogen-bond acceptors (Lipinski definition) is 10. The van der Waals surface area contributed by atoms with E-state index in [0.717, 1.165) is 32.2 Å². The Morgan fingerprint density at radius 2 is 1.29 bits per heavy atom. The Morgan fingerprint density at radius 1 is 0.806 bits per heavy atom. The lowest BCUT2D eigenvalue weighted by atomic mass is 10.1. The van der Waals surface area contributed by atoms with E-state index in [9.17, 15) is 14.4 Å². The number of carbonyl (C=O) groups excluding carboxylic acids is 4. The number of carbonyl (C=O) groups is 4. The fourth-order valence-corrected chi connectivity index (χ4v) is 1.78. The maximum absolute atomic E-state index is 10.9. The molecule has 1 saturated heterocycles. The summed E-state index contributed by atoms with van der Waals surface area (Å²) in [6, 6.07) is 0. The molecule has 0 unspecified atom stereocenters. The fraction of sp³-hybridized carbons (Fsp3) is 0.800. The number of nitrogens with zero attached hydrogens (tertiary/aromatic N) is 1. The monoisotopic (exact) mass is 453 g/mol. The highest BCUT2D eigenvalue weighted by molar-refractivity contribution is 5.70. The van der Waals surface area contributed by atoms with E-state index in [4.69, 9.17) is 19.0 Å². The van der Waals surface area contributed by atoms with Crippen LogP contribution in [0, 0.1) is 0 Å². The van der Waals surface area contributed by atoms with Crippen molar-refractivity contribution in [3.8, 4) is 0 Å². The average molecular weight is 454 g/mol. The van der Waals surface area contributed by atoms with E-state index in [1.807, 2.05) is 0 Å². The third kappa shape index (κ3) is 30.0. The number of methoxy groups -OCH3 is 4. The molecule has 0 aromatic heterocycles. The Hall–Kier alpha value is -2.24. The van der Waals surface area contributed by atoms with Crippen molar-refractivity contribution >= 4 is 24.3 Å². The molecule has 1 rings (SSSR count).